The van der Waals surface area contributed by atoms with E-state index in [-0.39, 0.29) is 10.6 Å². The fourth-order valence-corrected chi connectivity index (χ4v) is 1.77. The topological polar surface area (TPSA) is 88.5 Å². The second-order valence-electron chi connectivity index (χ2n) is 4.54. The Morgan fingerprint density at radius 2 is 2.32 bits per heavy atom. The van der Waals surface area contributed by atoms with Crippen LogP contribution in [0.15, 0.2) is 17.3 Å². The highest BCUT2D eigenvalue weighted by molar-refractivity contribution is 6.32. The van der Waals surface area contributed by atoms with Crippen LogP contribution < -0.4 is 10.9 Å². The third kappa shape index (κ3) is 3.31. The van der Waals surface area contributed by atoms with Crippen molar-refractivity contribution in [1.29, 1.82) is 0 Å². The van der Waals surface area contributed by atoms with Crippen molar-refractivity contribution < 1.29 is 0 Å². The Labute approximate surface area is 115 Å². The lowest BCUT2D eigenvalue weighted by molar-refractivity contribution is 0.464. The molecule has 0 aliphatic rings. The standard InChI is InChI=1S/C11H15ClN6O/c1-7(2)5-18-11(19)10(12)8(3-16-18)13-4-9-14-6-15-17-9/h3,6-7,13H,4-5H2,1-2H3,(H,14,15,17). The van der Waals surface area contributed by atoms with E-state index >= 15 is 0 Å². The van der Waals surface area contributed by atoms with E-state index in [0.29, 0.717) is 30.5 Å². The summed E-state index contributed by atoms with van der Waals surface area (Å²) >= 11 is 6.04. The van der Waals surface area contributed by atoms with Crippen molar-refractivity contribution in [1.82, 2.24) is 25.0 Å². The maximum Gasteiger partial charge on any atom is 0.287 e. The van der Waals surface area contributed by atoms with Crippen molar-refractivity contribution in [2.24, 2.45) is 5.92 Å². The van der Waals surface area contributed by atoms with Gasteiger partial charge in [0.15, 0.2) is 0 Å². The van der Waals surface area contributed by atoms with Gasteiger partial charge in [-0.15, -0.1) is 0 Å². The summed E-state index contributed by atoms with van der Waals surface area (Å²) in [5.74, 6) is 0.983. The number of nitrogens with zero attached hydrogens (tertiary/aromatic N) is 4. The average Bonchev–Trinajstić information content (AvgIpc) is 2.87. The van der Waals surface area contributed by atoms with Gasteiger partial charge in [0.2, 0.25) is 0 Å². The molecular weight excluding hydrogens is 268 g/mol. The van der Waals surface area contributed by atoms with E-state index in [1.165, 1.54) is 11.0 Å². The number of aromatic amines is 1. The van der Waals surface area contributed by atoms with Crippen LogP contribution >= 0.6 is 11.6 Å². The second-order valence-corrected chi connectivity index (χ2v) is 4.92. The zero-order valence-electron chi connectivity index (χ0n) is 10.7. The molecule has 0 fully saturated rings. The van der Waals surface area contributed by atoms with Crippen molar-refractivity contribution in [3.63, 3.8) is 0 Å². The summed E-state index contributed by atoms with van der Waals surface area (Å²) in [6, 6.07) is 0. The molecule has 0 atom stereocenters. The first-order chi connectivity index (χ1) is 9.08. The molecule has 19 heavy (non-hydrogen) atoms. The predicted molar refractivity (Wildman–Crippen MR) is 72.1 cm³/mol. The maximum atomic E-state index is 12.0. The minimum Gasteiger partial charge on any atom is -0.375 e. The number of hydrogen-bond donors (Lipinski definition) is 2. The third-order valence-corrected chi connectivity index (χ3v) is 2.80. The summed E-state index contributed by atoms with van der Waals surface area (Å²) in [6.45, 7) is 4.96. The Morgan fingerprint density at radius 1 is 1.53 bits per heavy atom. The summed E-state index contributed by atoms with van der Waals surface area (Å²) in [5.41, 5.74) is 0.195. The van der Waals surface area contributed by atoms with E-state index in [0.717, 1.165) is 0 Å². The Hall–Kier alpha value is -1.89. The summed E-state index contributed by atoms with van der Waals surface area (Å²) in [4.78, 5) is 15.9. The Bertz CT molecular complexity index is 592. The van der Waals surface area contributed by atoms with E-state index in [1.54, 1.807) is 6.20 Å². The molecule has 0 bridgehead atoms. The van der Waals surface area contributed by atoms with Gasteiger partial charge < -0.3 is 5.32 Å². The molecule has 0 saturated heterocycles. The number of rotatable bonds is 5. The van der Waals surface area contributed by atoms with Gasteiger partial charge in [-0.2, -0.15) is 10.2 Å². The van der Waals surface area contributed by atoms with Crippen molar-refractivity contribution in [2.45, 2.75) is 26.9 Å². The molecule has 0 aromatic carbocycles. The van der Waals surface area contributed by atoms with Crippen LogP contribution in [0.3, 0.4) is 0 Å². The van der Waals surface area contributed by atoms with Gasteiger partial charge in [-0.1, -0.05) is 25.4 Å². The molecule has 2 rings (SSSR count). The first-order valence-electron chi connectivity index (χ1n) is 5.91. The molecule has 0 aliphatic carbocycles. The summed E-state index contributed by atoms with van der Waals surface area (Å²) < 4.78 is 1.37. The van der Waals surface area contributed by atoms with Gasteiger partial charge in [-0.05, 0) is 5.92 Å². The molecule has 8 heteroatoms. The average molecular weight is 283 g/mol. The van der Waals surface area contributed by atoms with Gasteiger partial charge in [0.25, 0.3) is 5.56 Å². The highest BCUT2D eigenvalue weighted by Gasteiger charge is 2.10. The van der Waals surface area contributed by atoms with Crippen LogP contribution in [0.2, 0.25) is 5.02 Å². The van der Waals surface area contributed by atoms with Crippen molar-refractivity contribution in [3.8, 4) is 0 Å². The molecule has 2 aromatic heterocycles. The molecule has 0 amide bonds. The zero-order chi connectivity index (χ0) is 13.8. The lowest BCUT2D eigenvalue weighted by Gasteiger charge is -2.10. The molecule has 0 saturated carbocycles. The van der Waals surface area contributed by atoms with Crippen molar-refractivity contribution in [2.75, 3.05) is 5.32 Å². The first kappa shape index (κ1) is 13.5. The molecule has 0 aliphatic heterocycles. The monoisotopic (exact) mass is 282 g/mol. The van der Waals surface area contributed by atoms with E-state index in [4.69, 9.17) is 11.6 Å². The van der Waals surface area contributed by atoms with Crippen LogP contribution in [-0.2, 0) is 13.1 Å². The van der Waals surface area contributed by atoms with Crippen LogP contribution in [0, 0.1) is 5.92 Å². The van der Waals surface area contributed by atoms with Gasteiger partial charge >= 0.3 is 0 Å². The normalized spacial score (nSPS) is 10.9. The minimum atomic E-state index is -0.294. The molecule has 2 heterocycles. The van der Waals surface area contributed by atoms with Crippen molar-refractivity contribution >= 4 is 17.3 Å². The van der Waals surface area contributed by atoms with Gasteiger partial charge in [-0.25, -0.2) is 9.67 Å². The number of hydrogen-bond acceptors (Lipinski definition) is 5. The molecule has 102 valence electrons. The Balaban J connectivity index is 2.14. The van der Waals surface area contributed by atoms with Crippen LogP contribution in [0.4, 0.5) is 5.69 Å². The minimum absolute atomic E-state index is 0.134. The molecule has 0 unspecified atom stereocenters. The highest BCUT2D eigenvalue weighted by Crippen LogP contribution is 2.15. The Kier molecular flexibility index (Phi) is 4.16. The fraction of sp³-hybridized carbons (Fsp3) is 0.455. The number of nitrogens with one attached hydrogen (secondary N) is 2. The highest BCUT2D eigenvalue weighted by atomic mass is 35.5. The number of anilines is 1. The van der Waals surface area contributed by atoms with Gasteiger partial charge in [0.1, 0.15) is 17.2 Å². The molecule has 2 N–H and O–H groups in total. The number of aromatic nitrogens is 5. The summed E-state index contributed by atoms with van der Waals surface area (Å²) in [5, 5.41) is 13.7. The molecular formula is C11H15ClN6O. The predicted octanol–water partition coefficient (Wildman–Crippen LogP) is 1.28. The smallest absolute Gasteiger partial charge is 0.287 e. The number of H-pyrrole nitrogens is 1. The van der Waals surface area contributed by atoms with E-state index in [1.807, 2.05) is 13.8 Å². The van der Waals surface area contributed by atoms with Crippen LogP contribution in [0.5, 0.6) is 0 Å². The third-order valence-electron chi connectivity index (χ3n) is 2.43. The van der Waals surface area contributed by atoms with Gasteiger partial charge in [0, 0.05) is 6.54 Å². The second kappa shape index (κ2) is 5.83. The SMILES string of the molecule is CC(C)Cn1ncc(NCc2ncn[nH]2)c(Cl)c1=O. The summed E-state index contributed by atoms with van der Waals surface area (Å²) in [7, 11) is 0. The first-order valence-corrected chi connectivity index (χ1v) is 6.29. The zero-order valence-corrected chi connectivity index (χ0v) is 11.5. The summed E-state index contributed by atoms with van der Waals surface area (Å²) in [6.07, 6.45) is 2.96. The quantitative estimate of drug-likeness (QED) is 0.862. The van der Waals surface area contributed by atoms with E-state index in [9.17, 15) is 4.79 Å². The molecule has 0 radical (unpaired) electrons. The number of halogens is 1. The van der Waals surface area contributed by atoms with Crippen LogP contribution in [-0.4, -0.2) is 25.0 Å². The fourth-order valence-electron chi connectivity index (χ4n) is 1.56. The maximum absolute atomic E-state index is 12.0. The largest absolute Gasteiger partial charge is 0.375 e. The molecule has 0 spiro atoms. The molecule has 2 aromatic rings. The Morgan fingerprint density at radius 3 is 2.95 bits per heavy atom. The van der Waals surface area contributed by atoms with Crippen molar-refractivity contribution in [3.05, 3.63) is 33.7 Å². The lowest BCUT2D eigenvalue weighted by atomic mass is 10.2. The lowest BCUT2D eigenvalue weighted by Crippen LogP contribution is -2.26. The molecule has 7 nitrogen and oxygen atoms in total. The van der Waals surface area contributed by atoms with E-state index in [2.05, 4.69) is 25.6 Å². The van der Waals surface area contributed by atoms with Crippen LogP contribution in [0.25, 0.3) is 0 Å². The van der Waals surface area contributed by atoms with Gasteiger partial charge in [-0.3, -0.25) is 9.89 Å². The van der Waals surface area contributed by atoms with Crippen LogP contribution in [0.1, 0.15) is 19.7 Å². The van der Waals surface area contributed by atoms with E-state index < -0.39 is 0 Å². The van der Waals surface area contributed by atoms with Gasteiger partial charge in [0.05, 0.1) is 18.4 Å².